The van der Waals surface area contributed by atoms with Crippen LogP contribution in [0.2, 0.25) is 0 Å². The number of carbonyl (C=O) groups excluding carboxylic acids is 1. The van der Waals surface area contributed by atoms with E-state index in [4.69, 9.17) is 6.42 Å². The van der Waals surface area contributed by atoms with E-state index in [2.05, 4.69) is 26.3 Å². The molecule has 4 aliphatic carbocycles. The van der Waals surface area contributed by atoms with Crippen LogP contribution in [-0.2, 0) is 4.79 Å². The first-order valence-electron chi connectivity index (χ1n) is 10.4. The third kappa shape index (κ3) is 2.26. The summed E-state index contributed by atoms with van der Waals surface area (Å²) < 4.78 is 0. The highest BCUT2D eigenvalue weighted by Crippen LogP contribution is 2.67. The number of hydrogen-bond donors (Lipinski definition) is 1. The Morgan fingerprint density at radius 3 is 2.85 bits per heavy atom. The van der Waals surface area contributed by atoms with Crippen LogP contribution in [0.1, 0.15) is 65.2 Å². The molecular formula is C24H32O2. The van der Waals surface area contributed by atoms with E-state index in [1.807, 2.05) is 6.08 Å². The molecule has 3 unspecified atom stereocenters. The van der Waals surface area contributed by atoms with Crippen molar-refractivity contribution in [3.8, 4) is 12.3 Å². The quantitative estimate of drug-likeness (QED) is 0.578. The lowest BCUT2D eigenvalue weighted by atomic mass is 9.48. The number of rotatable bonds is 2. The van der Waals surface area contributed by atoms with Crippen molar-refractivity contribution in [3.05, 3.63) is 23.8 Å². The first-order valence-corrected chi connectivity index (χ1v) is 10.4. The van der Waals surface area contributed by atoms with Crippen molar-refractivity contribution in [2.24, 2.45) is 35.0 Å². The summed E-state index contributed by atoms with van der Waals surface area (Å²) in [5, 5.41) is 11.4. The fourth-order valence-electron chi connectivity index (χ4n) is 7.44. The Hall–Kier alpha value is -1.33. The zero-order chi connectivity index (χ0) is 18.7. The minimum atomic E-state index is -1.00. The lowest BCUT2D eigenvalue weighted by Crippen LogP contribution is -2.55. The van der Waals surface area contributed by atoms with E-state index in [1.54, 1.807) is 5.57 Å². The Morgan fingerprint density at radius 1 is 1.38 bits per heavy atom. The lowest BCUT2D eigenvalue weighted by molar-refractivity contribution is -0.119. The van der Waals surface area contributed by atoms with E-state index in [1.165, 1.54) is 5.57 Å². The maximum absolute atomic E-state index is 12.0. The summed E-state index contributed by atoms with van der Waals surface area (Å²) in [7, 11) is 0. The van der Waals surface area contributed by atoms with Gasteiger partial charge in [0, 0.05) is 18.3 Å². The number of allylic oxidation sites excluding steroid dienone is 3. The molecule has 0 aromatic rings. The van der Waals surface area contributed by atoms with Crippen molar-refractivity contribution < 1.29 is 9.90 Å². The van der Waals surface area contributed by atoms with Gasteiger partial charge in [-0.1, -0.05) is 37.0 Å². The molecule has 26 heavy (non-hydrogen) atoms. The second-order valence-electron chi connectivity index (χ2n) is 9.63. The monoisotopic (exact) mass is 352 g/mol. The topological polar surface area (TPSA) is 37.3 Å². The molecule has 140 valence electrons. The van der Waals surface area contributed by atoms with Gasteiger partial charge in [-0.25, -0.2) is 0 Å². The summed E-state index contributed by atoms with van der Waals surface area (Å²) in [6.07, 6.45) is 15.5. The van der Waals surface area contributed by atoms with Crippen molar-refractivity contribution in [2.75, 3.05) is 0 Å². The van der Waals surface area contributed by atoms with Crippen molar-refractivity contribution >= 4 is 5.78 Å². The van der Waals surface area contributed by atoms with Crippen LogP contribution in [0.25, 0.3) is 0 Å². The summed E-state index contributed by atoms with van der Waals surface area (Å²) in [5.74, 6) is 5.52. The van der Waals surface area contributed by atoms with E-state index >= 15 is 0 Å². The molecular weight excluding hydrogens is 320 g/mol. The number of aliphatic hydroxyl groups is 1. The first kappa shape index (κ1) is 18.1. The number of ketones is 1. The molecule has 0 amide bonds. The average Bonchev–Trinajstić information content (AvgIpc) is 2.82. The van der Waals surface area contributed by atoms with E-state index in [0.717, 1.165) is 44.9 Å². The van der Waals surface area contributed by atoms with Crippen molar-refractivity contribution in [2.45, 2.75) is 70.8 Å². The second kappa shape index (κ2) is 6.10. The van der Waals surface area contributed by atoms with Crippen LogP contribution in [0.3, 0.4) is 0 Å². The van der Waals surface area contributed by atoms with Gasteiger partial charge in [0.2, 0.25) is 0 Å². The van der Waals surface area contributed by atoms with Crippen LogP contribution in [0.4, 0.5) is 0 Å². The van der Waals surface area contributed by atoms with Gasteiger partial charge in [0.05, 0.1) is 0 Å². The highest BCUT2D eigenvalue weighted by atomic mass is 16.3. The van der Waals surface area contributed by atoms with E-state index in [0.29, 0.717) is 35.9 Å². The zero-order valence-electron chi connectivity index (χ0n) is 16.3. The van der Waals surface area contributed by atoms with Gasteiger partial charge in [-0.15, -0.1) is 13.0 Å². The highest BCUT2D eigenvalue weighted by Gasteiger charge is 2.65. The molecule has 1 N–H and O–H groups in total. The van der Waals surface area contributed by atoms with Gasteiger partial charge in [0.15, 0.2) is 0 Å². The van der Waals surface area contributed by atoms with Gasteiger partial charge in [0.1, 0.15) is 11.4 Å². The number of terminal acetylenes is 1. The minimum absolute atomic E-state index is 0.147. The standard InChI is InChI=1S/C24H32O2/c1-5-7-17-14-23(4)21(12-15(3)24(23,26)6-2)20-10-8-16-13-18(25)9-11-19(16)22(17)20/h2,5,15,17,20-22,26H,1,7-14H2,3-4H3/t15-,17+,20?,21?,22?,23+,24+/m1/s1. The molecule has 0 aromatic heterocycles. The normalized spacial score (nSPS) is 47.6. The van der Waals surface area contributed by atoms with Crippen LogP contribution in [0.15, 0.2) is 23.8 Å². The van der Waals surface area contributed by atoms with Gasteiger partial charge < -0.3 is 5.11 Å². The first-order chi connectivity index (χ1) is 12.4. The molecule has 0 aliphatic heterocycles. The number of Topliss-reactive ketones (excluding diaryl/α,β-unsaturated/α-hetero) is 1. The van der Waals surface area contributed by atoms with Crippen LogP contribution < -0.4 is 0 Å². The minimum Gasteiger partial charge on any atom is -0.377 e. The fourth-order valence-corrected chi connectivity index (χ4v) is 7.44. The number of hydrogen-bond acceptors (Lipinski definition) is 2. The lowest BCUT2D eigenvalue weighted by Gasteiger charge is -2.56. The van der Waals surface area contributed by atoms with Crippen molar-refractivity contribution in [1.82, 2.24) is 0 Å². The molecule has 2 saturated carbocycles. The third-order valence-electron chi connectivity index (χ3n) is 8.59. The van der Waals surface area contributed by atoms with Crippen LogP contribution in [0.5, 0.6) is 0 Å². The highest BCUT2D eigenvalue weighted by molar-refractivity contribution is 5.82. The summed E-state index contributed by atoms with van der Waals surface area (Å²) in [5.41, 5.74) is 1.83. The summed E-state index contributed by atoms with van der Waals surface area (Å²) >= 11 is 0. The summed E-state index contributed by atoms with van der Waals surface area (Å²) in [6.45, 7) is 8.40. The molecule has 0 saturated heterocycles. The number of fused-ring (bicyclic) bond motifs is 4. The molecule has 4 rings (SSSR count). The predicted octanol–water partition coefficient (Wildman–Crippen LogP) is 4.68. The Bertz CT molecular complexity index is 710. The molecule has 0 bridgehead atoms. The molecule has 0 heterocycles. The van der Waals surface area contributed by atoms with E-state index in [-0.39, 0.29) is 11.3 Å². The second-order valence-corrected chi connectivity index (χ2v) is 9.63. The predicted molar refractivity (Wildman–Crippen MR) is 104 cm³/mol. The van der Waals surface area contributed by atoms with Gasteiger partial charge >= 0.3 is 0 Å². The zero-order valence-corrected chi connectivity index (χ0v) is 16.3. The van der Waals surface area contributed by atoms with Gasteiger partial charge in [-0.2, -0.15) is 0 Å². The third-order valence-corrected chi connectivity index (χ3v) is 8.59. The van der Waals surface area contributed by atoms with Crippen LogP contribution in [0, 0.1) is 47.3 Å². The summed E-state index contributed by atoms with van der Waals surface area (Å²) in [4.78, 5) is 12.0. The molecule has 7 atom stereocenters. The smallest absolute Gasteiger partial charge is 0.137 e. The maximum Gasteiger partial charge on any atom is 0.137 e. The Balaban J connectivity index is 1.78. The van der Waals surface area contributed by atoms with E-state index < -0.39 is 5.60 Å². The van der Waals surface area contributed by atoms with Crippen LogP contribution in [-0.4, -0.2) is 16.5 Å². The summed E-state index contributed by atoms with van der Waals surface area (Å²) in [6, 6.07) is 0. The molecule has 0 radical (unpaired) electrons. The molecule has 2 nitrogen and oxygen atoms in total. The van der Waals surface area contributed by atoms with E-state index in [9.17, 15) is 9.90 Å². The Labute approximate surface area is 158 Å². The molecule has 0 aromatic carbocycles. The molecule has 0 spiro atoms. The average molecular weight is 353 g/mol. The Kier molecular flexibility index (Phi) is 4.23. The molecule has 2 fully saturated rings. The van der Waals surface area contributed by atoms with Gasteiger partial charge in [0.25, 0.3) is 0 Å². The molecule has 4 aliphatic rings. The van der Waals surface area contributed by atoms with Crippen LogP contribution >= 0.6 is 0 Å². The van der Waals surface area contributed by atoms with Crippen molar-refractivity contribution in [3.63, 3.8) is 0 Å². The maximum atomic E-state index is 12.0. The van der Waals surface area contributed by atoms with Crippen molar-refractivity contribution in [1.29, 1.82) is 0 Å². The number of carbonyl (C=O) groups is 1. The van der Waals surface area contributed by atoms with Gasteiger partial charge in [-0.05, 0) is 68.1 Å². The van der Waals surface area contributed by atoms with Gasteiger partial charge in [-0.3, -0.25) is 4.79 Å². The largest absolute Gasteiger partial charge is 0.377 e. The fraction of sp³-hybridized carbons (Fsp3) is 0.708. The molecule has 2 heteroatoms. The Morgan fingerprint density at radius 2 is 2.15 bits per heavy atom. The SMILES string of the molecule is C#C[C@]1(O)[C@H](C)CC2C3CCC4=C(CCC(=O)C4)C3[C@@H](CC=C)C[C@@]21C.